The van der Waals surface area contributed by atoms with Crippen LogP contribution in [0.4, 0.5) is 0 Å². The van der Waals surface area contributed by atoms with E-state index in [0.29, 0.717) is 0 Å². The number of rotatable bonds is 4. The second-order valence-electron chi connectivity index (χ2n) is 5.30. The van der Waals surface area contributed by atoms with E-state index in [1.807, 2.05) is 0 Å². The Hall–Kier alpha value is -0.610. The van der Waals surface area contributed by atoms with Gasteiger partial charge in [-0.25, -0.2) is 0 Å². The molecule has 0 aromatic heterocycles. The van der Waals surface area contributed by atoms with E-state index in [-0.39, 0.29) is 17.9 Å². The summed E-state index contributed by atoms with van der Waals surface area (Å²) in [5.41, 5.74) is 0. The molecular formula is C13H24N2O2. The van der Waals surface area contributed by atoms with Crippen LogP contribution in [-0.2, 0) is 9.53 Å². The number of nitrogens with one attached hydrogen (secondary N) is 1. The summed E-state index contributed by atoms with van der Waals surface area (Å²) in [7, 11) is 0. The fraction of sp³-hybridized carbons (Fsp3) is 0.923. The Balaban J connectivity index is 1.68. The van der Waals surface area contributed by atoms with Crippen molar-refractivity contribution in [2.24, 2.45) is 5.92 Å². The topological polar surface area (TPSA) is 41.6 Å². The van der Waals surface area contributed by atoms with Gasteiger partial charge in [0.15, 0.2) is 0 Å². The molecule has 1 saturated carbocycles. The third kappa shape index (κ3) is 3.96. The van der Waals surface area contributed by atoms with Crippen LogP contribution in [0.3, 0.4) is 0 Å². The first-order chi connectivity index (χ1) is 8.25. The molecule has 0 radical (unpaired) electrons. The molecule has 1 amide bonds. The van der Waals surface area contributed by atoms with Gasteiger partial charge in [-0.15, -0.1) is 0 Å². The first-order valence-corrected chi connectivity index (χ1v) is 6.86. The fourth-order valence-corrected chi connectivity index (χ4v) is 2.77. The van der Waals surface area contributed by atoms with Gasteiger partial charge in [0, 0.05) is 31.6 Å². The van der Waals surface area contributed by atoms with Gasteiger partial charge < -0.3 is 10.1 Å². The lowest BCUT2D eigenvalue weighted by Gasteiger charge is -2.29. The summed E-state index contributed by atoms with van der Waals surface area (Å²) < 4.78 is 5.31. The van der Waals surface area contributed by atoms with Crippen molar-refractivity contribution in [2.45, 2.75) is 38.6 Å². The molecule has 17 heavy (non-hydrogen) atoms. The predicted molar refractivity (Wildman–Crippen MR) is 66.8 cm³/mol. The molecule has 1 aliphatic carbocycles. The summed E-state index contributed by atoms with van der Waals surface area (Å²) in [6, 6.07) is 0.251. The van der Waals surface area contributed by atoms with Gasteiger partial charge in [0.1, 0.15) is 0 Å². The van der Waals surface area contributed by atoms with Crippen LogP contribution in [0.15, 0.2) is 0 Å². The Morgan fingerprint density at radius 3 is 2.65 bits per heavy atom. The van der Waals surface area contributed by atoms with Crippen molar-refractivity contribution in [3.63, 3.8) is 0 Å². The predicted octanol–water partition coefficient (Wildman–Crippen LogP) is 1.01. The number of amides is 1. The molecule has 1 aliphatic heterocycles. The molecule has 1 N–H and O–H groups in total. The molecule has 1 atom stereocenters. The molecule has 4 heteroatoms. The van der Waals surface area contributed by atoms with Crippen LogP contribution in [0, 0.1) is 5.92 Å². The minimum absolute atomic E-state index is 0.251. The molecule has 4 nitrogen and oxygen atoms in total. The van der Waals surface area contributed by atoms with Crippen molar-refractivity contribution in [1.29, 1.82) is 0 Å². The highest BCUT2D eigenvalue weighted by Gasteiger charge is 2.24. The Kier molecular flexibility index (Phi) is 4.80. The van der Waals surface area contributed by atoms with Crippen LogP contribution in [0.5, 0.6) is 0 Å². The van der Waals surface area contributed by atoms with Gasteiger partial charge in [-0.05, 0) is 19.8 Å². The Labute approximate surface area is 104 Å². The number of hydrogen-bond acceptors (Lipinski definition) is 3. The zero-order valence-electron chi connectivity index (χ0n) is 10.8. The van der Waals surface area contributed by atoms with Gasteiger partial charge in [0.2, 0.25) is 5.91 Å². The molecule has 0 spiro atoms. The smallest absolute Gasteiger partial charge is 0.223 e. The normalized spacial score (nSPS) is 24.8. The van der Waals surface area contributed by atoms with Crippen molar-refractivity contribution < 1.29 is 9.53 Å². The first-order valence-electron chi connectivity index (χ1n) is 6.86. The Morgan fingerprint density at radius 2 is 2.00 bits per heavy atom. The van der Waals surface area contributed by atoms with Crippen molar-refractivity contribution in [3.05, 3.63) is 0 Å². The number of carbonyl (C=O) groups is 1. The van der Waals surface area contributed by atoms with Crippen molar-refractivity contribution in [1.82, 2.24) is 10.2 Å². The summed E-state index contributed by atoms with van der Waals surface area (Å²) in [6.07, 6.45) is 4.60. The highest BCUT2D eigenvalue weighted by atomic mass is 16.5. The molecule has 2 fully saturated rings. The van der Waals surface area contributed by atoms with E-state index < -0.39 is 0 Å². The largest absolute Gasteiger partial charge is 0.379 e. The lowest BCUT2D eigenvalue weighted by molar-refractivity contribution is -0.125. The van der Waals surface area contributed by atoms with Crippen molar-refractivity contribution in [3.8, 4) is 0 Å². The highest BCUT2D eigenvalue weighted by molar-refractivity contribution is 5.79. The lowest BCUT2D eigenvalue weighted by Crippen LogP contribution is -2.47. The van der Waals surface area contributed by atoms with Gasteiger partial charge >= 0.3 is 0 Å². The molecule has 2 rings (SSSR count). The second kappa shape index (κ2) is 6.36. The summed E-state index contributed by atoms with van der Waals surface area (Å²) >= 11 is 0. The molecule has 98 valence electrons. The van der Waals surface area contributed by atoms with Crippen LogP contribution < -0.4 is 5.32 Å². The fourth-order valence-electron chi connectivity index (χ4n) is 2.77. The van der Waals surface area contributed by atoms with E-state index in [1.54, 1.807) is 0 Å². The molecule has 0 unspecified atom stereocenters. The van der Waals surface area contributed by atoms with Gasteiger partial charge in [-0.3, -0.25) is 9.69 Å². The number of hydrogen-bond donors (Lipinski definition) is 1. The maximum absolute atomic E-state index is 11.9. The molecule has 0 aromatic rings. The maximum Gasteiger partial charge on any atom is 0.223 e. The van der Waals surface area contributed by atoms with Gasteiger partial charge in [-0.1, -0.05) is 12.8 Å². The maximum atomic E-state index is 11.9. The Bertz CT molecular complexity index is 246. The van der Waals surface area contributed by atoms with E-state index in [2.05, 4.69) is 17.1 Å². The van der Waals surface area contributed by atoms with E-state index in [9.17, 15) is 4.79 Å². The standard InChI is InChI=1S/C13H24N2O2/c1-11(10-15-6-8-17-9-7-15)14-13(16)12-4-2-3-5-12/h11-12H,2-10H2,1H3,(H,14,16)/t11-/m1/s1. The average Bonchev–Trinajstić information content (AvgIpc) is 2.83. The molecule has 0 aromatic carbocycles. The van der Waals surface area contributed by atoms with E-state index >= 15 is 0 Å². The summed E-state index contributed by atoms with van der Waals surface area (Å²) in [5.74, 6) is 0.547. The van der Waals surface area contributed by atoms with Crippen LogP contribution in [0.2, 0.25) is 0 Å². The van der Waals surface area contributed by atoms with Crippen molar-refractivity contribution in [2.75, 3.05) is 32.8 Å². The zero-order valence-corrected chi connectivity index (χ0v) is 10.8. The third-order valence-corrected chi connectivity index (χ3v) is 3.75. The second-order valence-corrected chi connectivity index (χ2v) is 5.30. The van der Waals surface area contributed by atoms with Gasteiger partial charge in [-0.2, -0.15) is 0 Å². The monoisotopic (exact) mass is 240 g/mol. The minimum atomic E-state index is 0.251. The summed E-state index contributed by atoms with van der Waals surface area (Å²) in [6.45, 7) is 6.67. The van der Waals surface area contributed by atoms with E-state index in [0.717, 1.165) is 45.7 Å². The highest BCUT2D eigenvalue weighted by Crippen LogP contribution is 2.24. The van der Waals surface area contributed by atoms with Crippen LogP contribution in [-0.4, -0.2) is 49.7 Å². The van der Waals surface area contributed by atoms with Gasteiger partial charge in [0.25, 0.3) is 0 Å². The van der Waals surface area contributed by atoms with Gasteiger partial charge in [0.05, 0.1) is 13.2 Å². The number of carbonyl (C=O) groups excluding carboxylic acids is 1. The number of ether oxygens (including phenoxy) is 1. The number of nitrogens with zero attached hydrogens (tertiary/aromatic N) is 1. The van der Waals surface area contributed by atoms with Crippen LogP contribution in [0.1, 0.15) is 32.6 Å². The van der Waals surface area contributed by atoms with Crippen molar-refractivity contribution >= 4 is 5.91 Å². The third-order valence-electron chi connectivity index (χ3n) is 3.75. The summed E-state index contributed by atoms with van der Waals surface area (Å²) in [4.78, 5) is 14.3. The molecule has 2 aliphatic rings. The average molecular weight is 240 g/mol. The molecule has 1 saturated heterocycles. The van der Waals surface area contributed by atoms with E-state index in [4.69, 9.17) is 4.74 Å². The lowest BCUT2D eigenvalue weighted by atomic mass is 10.1. The number of morpholine rings is 1. The van der Waals surface area contributed by atoms with Crippen LogP contribution in [0.25, 0.3) is 0 Å². The molecule has 1 heterocycles. The summed E-state index contributed by atoms with van der Waals surface area (Å²) in [5, 5.41) is 3.15. The SMILES string of the molecule is C[C@H](CN1CCOCC1)NC(=O)C1CCCC1. The zero-order chi connectivity index (χ0) is 12.1. The Morgan fingerprint density at radius 1 is 1.35 bits per heavy atom. The van der Waals surface area contributed by atoms with E-state index in [1.165, 1.54) is 12.8 Å². The first kappa shape index (κ1) is 12.8. The molecule has 0 bridgehead atoms. The molecular weight excluding hydrogens is 216 g/mol. The minimum Gasteiger partial charge on any atom is -0.379 e. The van der Waals surface area contributed by atoms with Crippen LogP contribution >= 0.6 is 0 Å². The quantitative estimate of drug-likeness (QED) is 0.797.